The Labute approximate surface area is 203 Å². The van der Waals surface area contributed by atoms with E-state index in [1.165, 1.54) is 18.2 Å². The maximum absolute atomic E-state index is 13.5. The van der Waals surface area contributed by atoms with Gasteiger partial charge in [-0.25, -0.2) is 9.78 Å². The summed E-state index contributed by atoms with van der Waals surface area (Å²) in [6.07, 6.45) is 0.328. The molecule has 1 aliphatic heterocycles. The van der Waals surface area contributed by atoms with Crippen molar-refractivity contribution in [3.05, 3.63) is 64.4 Å². The largest absolute Gasteiger partial charge is 0.477 e. The number of aromatic carboxylic acids is 1. The molecule has 0 aliphatic carbocycles. The maximum Gasteiger partial charge on any atom is 0.354 e. The van der Waals surface area contributed by atoms with E-state index in [0.29, 0.717) is 18.0 Å². The first-order chi connectivity index (χ1) is 15.9. The van der Waals surface area contributed by atoms with Gasteiger partial charge in [0.15, 0.2) is 0 Å². The topological polar surface area (TPSA) is 120 Å². The van der Waals surface area contributed by atoms with E-state index < -0.39 is 28.9 Å². The van der Waals surface area contributed by atoms with E-state index in [1.807, 2.05) is 27.7 Å². The lowest BCUT2D eigenvalue weighted by Gasteiger charge is -2.51. The lowest BCUT2D eigenvalue weighted by Crippen LogP contribution is -2.60. The van der Waals surface area contributed by atoms with Crippen LogP contribution in [0.5, 0.6) is 0 Å². The second-order valence-corrected chi connectivity index (χ2v) is 10.1. The molecule has 2 aromatic rings. The minimum atomic E-state index is -1.24. The molecule has 1 aliphatic rings. The van der Waals surface area contributed by atoms with Gasteiger partial charge in [0.2, 0.25) is 5.91 Å². The van der Waals surface area contributed by atoms with Gasteiger partial charge in [0.25, 0.3) is 5.91 Å². The molecule has 8 nitrogen and oxygen atoms in total. The molecular formula is C25H30ClN3O5. The highest BCUT2D eigenvalue weighted by Crippen LogP contribution is 2.46. The van der Waals surface area contributed by atoms with Crippen molar-refractivity contribution in [3.63, 3.8) is 0 Å². The summed E-state index contributed by atoms with van der Waals surface area (Å²) in [7, 11) is 0. The van der Waals surface area contributed by atoms with E-state index in [0.717, 1.165) is 5.56 Å². The maximum atomic E-state index is 13.5. The molecule has 1 aromatic carbocycles. The summed E-state index contributed by atoms with van der Waals surface area (Å²) < 4.78 is 0. The zero-order valence-corrected chi connectivity index (χ0v) is 20.5. The fourth-order valence-electron chi connectivity index (χ4n) is 4.38. The van der Waals surface area contributed by atoms with Crippen LogP contribution < -0.4 is 5.32 Å². The van der Waals surface area contributed by atoms with E-state index >= 15 is 0 Å². The van der Waals surface area contributed by atoms with Gasteiger partial charge in [0, 0.05) is 23.5 Å². The predicted molar refractivity (Wildman–Crippen MR) is 128 cm³/mol. The van der Waals surface area contributed by atoms with Crippen LogP contribution in [0.15, 0.2) is 42.5 Å². The third-order valence-electron chi connectivity index (χ3n) is 6.50. The normalized spacial score (nSPS) is 20.6. The second-order valence-electron chi connectivity index (χ2n) is 9.67. The number of carboxylic acids is 1. The van der Waals surface area contributed by atoms with Crippen molar-refractivity contribution in [2.45, 2.75) is 45.8 Å². The number of amides is 2. The minimum Gasteiger partial charge on any atom is -0.477 e. The second kappa shape index (κ2) is 9.72. The number of nitrogens with zero attached hydrogens (tertiary/aromatic N) is 2. The van der Waals surface area contributed by atoms with Crippen molar-refractivity contribution in [3.8, 4) is 0 Å². The fourth-order valence-corrected chi connectivity index (χ4v) is 4.50. The first kappa shape index (κ1) is 25.6. The average Bonchev–Trinajstić information content (AvgIpc) is 2.78. The quantitative estimate of drug-likeness (QED) is 0.574. The molecule has 3 rings (SSSR count). The number of hydrogen-bond acceptors (Lipinski definition) is 5. The van der Waals surface area contributed by atoms with E-state index in [2.05, 4.69) is 10.3 Å². The number of pyridine rings is 1. The smallest absolute Gasteiger partial charge is 0.354 e. The van der Waals surface area contributed by atoms with Gasteiger partial charge in [-0.15, -0.1) is 0 Å². The summed E-state index contributed by atoms with van der Waals surface area (Å²) in [6, 6.07) is 10.4. The number of benzene rings is 1. The number of aliphatic hydroxyl groups is 1. The van der Waals surface area contributed by atoms with Gasteiger partial charge >= 0.3 is 5.97 Å². The molecule has 2 atom stereocenters. The summed E-state index contributed by atoms with van der Waals surface area (Å²) >= 11 is 6.00. The van der Waals surface area contributed by atoms with Gasteiger partial charge in [-0.2, -0.15) is 0 Å². The number of carbonyl (C=O) groups is 3. The molecule has 1 fully saturated rings. The van der Waals surface area contributed by atoms with Crippen molar-refractivity contribution in [1.29, 1.82) is 0 Å². The zero-order chi connectivity index (χ0) is 25.3. The molecule has 1 aromatic heterocycles. The zero-order valence-electron chi connectivity index (χ0n) is 19.7. The number of nitrogens with one attached hydrogen (secondary N) is 1. The lowest BCUT2D eigenvalue weighted by molar-refractivity contribution is -0.155. The van der Waals surface area contributed by atoms with Crippen LogP contribution in [0.25, 0.3) is 0 Å². The van der Waals surface area contributed by atoms with Crippen LogP contribution in [0.3, 0.4) is 0 Å². The first-order valence-corrected chi connectivity index (χ1v) is 11.5. The Morgan fingerprint density at radius 1 is 1.09 bits per heavy atom. The predicted octanol–water partition coefficient (Wildman–Crippen LogP) is 3.33. The highest BCUT2D eigenvalue weighted by molar-refractivity contribution is 6.30. The lowest BCUT2D eigenvalue weighted by atomic mass is 9.66. The Kier molecular flexibility index (Phi) is 7.33. The Bertz CT molecular complexity index is 1090. The van der Waals surface area contributed by atoms with Crippen LogP contribution in [-0.2, 0) is 10.4 Å². The molecule has 2 amide bonds. The van der Waals surface area contributed by atoms with Crippen molar-refractivity contribution in [1.82, 2.24) is 15.2 Å². The Morgan fingerprint density at radius 3 is 2.26 bits per heavy atom. The Balaban J connectivity index is 1.78. The molecule has 0 radical (unpaired) electrons. The molecule has 0 unspecified atom stereocenters. The first-order valence-electron chi connectivity index (χ1n) is 11.1. The number of rotatable bonds is 6. The monoisotopic (exact) mass is 487 g/mol. The van der Waals surface area contributed by atoms with Gasteiger partial charge in [-0.05, 0) is 42.2 Å². The summed E-state index contributed by atoms with van der Waals surface area (Å²) in [5.74, 6) is -2.35. The van der Waals surface area contributed by atoms with E-state index in [-0.39, 0.29) is 29.8 Å². The molecule has 0 saturated carbocycles. The number of halogens is 1. The summed E-state index contributed by atoms with van der Waals surface area (Å²) in [4.78, 5) is 42.9. The SMILES string of the molecule is CC(C)[C@@H](NC(=O)c1cccc(C(=O)O)n1)C(=O)N1CC[C@](O)(c2ccc(Cl)cc2)C(C)(C)C1. The highest BCUT2D eigenvalue weighted by Gasteiger charge is 2.50. The van der Waals surface area contributed by atoms with Crippen LogP contribution in [0.2, 0.25) is 5.02 Å². The van der Waals surface area contributed by atoms with Crippen molar-refractivity contribution in [2.75, 3.05) is 13.1 Å². The molecule has 0 spiro atoms. The van der Waals surface area contributed by atoms with Crippen LogP contribution in [-0.4, -0.2) is 57.0 Å². The number of likely N-dealkylation sites (tertiary alicyclic amines) is 1. The molecule has 2 heterocycles. The third-order valence-corrected chi connectivity index (χ3v) is 6.75. The van der Waals surface area contributed by atoms with Crippen LogP contribution in [0, 0.1) is 11.3 Å². The van der Waals surface area contributed by atoms with Crippen LogP contribution in [0.4, 0.5) is 0 Å². The van der Waals surface area contributed by atoms with E-state index in [1.54, 1.807) is 29.2 Å². The molecule has 0 bridgehead atoms. The minimum absolute atomic E-state index is 0.0746. The standard InChI is InChI=1S/C25H30ClN3O5/c1-15(2)20(28-21(30)18-6-5-7-19(27-18)23(32)33)22(31)29-13-12-25(34,24(3,4)14-29)16-8-10-17(26)11-9-16/h5-11,15,20,34H,12-14H2,1-4H3,(H,28,30)(H,32,33)/t20-,25+/m1/s1. The Hall–Kier alpha value is -2.97. The average molecular weight is 488 g/mol. The number of hydrogen-bond donors (Lipinski definition) is 3. The summed E-state index contributed by atoms with van der Waals surface area (Å²) in [5.41, 5.74) is -1.40. The molecule has 1 saturated heterocycles. The molecule has 3 N–H and O–H groups in total. The molecule has 9 heteroatoms. The van der Waals surface area contributed by atoms with Crippen LogP contribution >= 0.6 is 11.6 Å². The van der Waals surface area contributed by atoms with Gasteiger partial charge in [-0.1, -0.05) is 57.5 Å². The number of aromatic nitrogens is 1. The summed E-state index contributed by atoms with van der Waals surface area (Å²) in [6.45, 7) is 8.06. The third kappa shape index (κ3) is 5.08. The van der Waals surface area contributed by atoms with Crippen molar-refractivity contribution >= 4 is 29.4 Å². The molecule has 34 heavy (non-hydrogen) atoms. The van der Waals surface area contributed by atoms with Crippen molar-refractivity contribution < 1.29 is 24.6 Å². The van der Waals surface area contributed by atoms with Gasteiger partial charge in [0.1, 0.15) is 17.4 Å². The fraction of sp³-hybridized carbons (Fsp3) is 0.440. The number of carboxylic acid groups (broad SMARTS) is 1. The Morgan fingerprint density at radius 2 is 1.71 bits per heavy atom. The number of piperidine rings is 1. The van der Waals surface area contributed by atoms with Gasteiger partial charge in [-0.3, -0.25) is 9.59 Å². The highest BCUT2D eigenvalue weighted by atomic mass is 35.5. The van der Waals surface area contributed by atoms with E-state index in [4.69, 9.17) is 16.7 Å². The molecule has 182 valence electrons. The van der Waals surface area contributed by atoms with Crippen LogP contribution in [0.1, 0.15) is 60.7 Å². The van der Waals surface area contributed by atoms with Gasteiger partial charge < -0.3 is 20.4 Å². The van der Waals surface area contributed by atoms with E-state index in [9.17, 15) is 19.5 Å². The van der Waals surface area contributed by atoms with Gasteiger partial charge in [0.05, 0.1) is 5.60 Å². The number of carbonyl (C=O) groups excluding carboxylic acids is 2. The van der Waals surface area contributed by atoms with Crippen molar-refractivity contribution in [2.24, 2.45) is 11.3 Å². The molecular weight excluding hydrogens is 458 g/mol. The summed E-state index contributed by atoms with van der Waals surface area (Å²) in [5, 5.41) is 24.0.